The van der Waals surface area contributed by atoms with Crippen molar-refractivity contribution in [3.8, 4) is 0 Å². The molecule has 0 aromatic carbocycles. The van der Waals surface area contributed by atoms with Crippen LogP contribution in [-0.2, 0) is 0 Å². The van der Waals surface area contributed by atoms with Crippen LogP contribution in [0, 0.1) is 0 Å². The van der Waals surface area contributed by atoms with Crippen LogP contribution in [0.3, 0.4) is 0 Å². The Labute approximate surface area is 102 Å². The molecule has 17 heavy (non-hydrogen) atoms. The highest BCUT2D eigenvalue weighted by Gasteiger charge is 2.27. The highest BCUT2D eigenvalue weighted by atomic mass is 32.1. The molecular weight excluding hydrogens is 236 g/mol. The number of nitrogens with zero attached hydrogens (tertiary/aromatic N) is 3. The van der Waals surface area contributed by atoms with Crippen molar-refractivity contribution in [3.05, 3.63) is 48.2 Å². The zero-order valence-electron chi connectivity index (χ0n) is 8.70. The predicted octanol–water partition coefficient (Wildman–Crippen LogP) is 1.90. The molecule has 6 heteroatoms. The number of tetrazole rings is 1. The van der Waals surface area contributed by atoms with Crippen LogP contribution in [0.25, 0.3) is 5.57 Å². The number of furan rings is 1. The molecule has 1 aliphatic carbocycles. The molecule has 5 nitrogen and oxygen atoms in total. The smallest absolute Gasteiger partial charge is 0.201 e. The Hall–Kier alpha value is -2.08. The summed E-state index contributed by atoms with van der Waals surface area (Å²) in [4.78, 5) is 0.780. The fourth-order valence-electron chi connectivity index (χ4n) is 1.83. The molecule has 3 rings (SSSR count). The Balaban J connectivity index is 2.08. The average Bonchev–Trinajstić information content (AvgIpc) is 3.02. The second-order valence-electron chi connectivity index (χ2n) is 3.57. The van der Waals surface area contributed by atoms with Gasteiger partial charge in [-0.25, -0.2) is 0 Å². The Bertz CT molecular complexity index is 583. The summed E-state index contributed by atoms with van der Waals surface area (Å²) in [5.41, 5.74) is 0.890. The predicted molar refractivity (Wildman–Crippen MR) is 65.3 cm³/mol. The van der Waals surface area contributed by atoms with E-state index in [1.165, 1.54) is 0 Å². The van der Waals surface area contributed by atoms with Gasteiger partial charge in [0, 0.05) is 10.4 Å². The number of hydrogen-bond donors (Lipinski definition) is 1. The van der Waals surface area contributed by atoms with Crippen molar-refractivity contribution in [2.24, 2.45) is 0 Å². The molecule has 0 saturated heterocycles. The lowest BCUT2D eigenvalue weighted by atomic mass is 9.88. The second kappa shape index (κ2) is 4.06. The van der Waals surface area contributed by atoms with E-state index in [4.69, 9.17) is 16.6 Å². The van der Waals surface area contributed by atoms with E-state index in [1.54, 1.807) is 6.26 Å². The summed E-state index contributed by atoms with van der Waals surface area (Å²) in [5, 5.41) is 14.0. The minimum atomic E-state index is -0.123. The Morgan fingerprint density at radius 3 is 3.06 bits per heavy atom. The lowest BCUT2D eigenvalue weighted by Gasteiger charge is -2.17. The van der Waals surface area contributed by atoms with Gasteiger partial charge in [-0.1, -0.05) is 24.4 Å². The molecule has 1 unspecified atom stereocenters. The Kier molecular flexibility index (Phi) is 2.41. The summed E-state index contributed by atoms with van der Waals surface area (Å²) >= 11 is 5.35. The topological polar surface area (TPSA) is 67.6 Å². The summed E-state index contributed by atoms with van der Waals surface area (Å²) < 4.78 is 5.42. The maximum Gasteiger partial charge on any atom is 0.201 e. The van der Waals surface area contributed by atoms with Crippen molar-refractivity contribution in [3.63, 3.8) is 0 Å². The van der Waals surface area contributed by atoms with Crippen LogP contribution in [0.1, 0.15) is 17.5 Å². The molecule has 2 aromatic heterocycles. The summed E-state index contributed by atoms with van der Waals surface area (Å²) in [6, 6.07) is 3.73. The molecule has 0 spiro atoms. The van der Waals surface area contributed by atoms with E-state index in [9.17, 15) is 0 Å². The van der Waals surface area contributed by atoms with E-state index >= 15 is 0 Å². The van der Waals surface area contributed by atoms with Crippen LogP contribution in [0.15, 0.2) is 41.0 Å². The van der Waals surface area contributed by atoms with Gasteiger partial charge in [0.1, 0.15) is 5.76 Å². The number of allylic oxidation sites excluding steroid dienone is 4. The number of aromatic amines is 1. The zero-order chi connectivity index (χ0) is 11.7. The monoisotopic (exact) mass is 244 g/mol. The largest absolute Gasteiger partial charge is 0.468 e. The molecule has 0 fully saturated rings. The van der Waals surface area contributed by atoms with Crippen molar-refractivity contribution in [2.45, 2.75) is 5.92 Å². The number of nitrogens with one attached hydrogen (secondary N) is 1. The highest BCUT2D eigenvalue weighted by molar-refractivity contribution is 7.80. The minimum absolute atomic E-state index is 0.123. The molecule has 1 atom stereocenters. The maximum atomic E-state index is 5.42. The molecule has 2 aromatic rings. The van der Waals surface area contributed by atoms with Gasteiger partial charge in [0.15, 0.2) is 0 Å². The zero-order valence-corrected chi connectivity index (χ0v) is 9.52. The SMILES string of the molecule is S=C1C=CC=C(c2nn[nH]n2)C1c1ccco1. The molecule has 0 aliphatic heterocycles. The van der Waals surface area contributed by atoms with Crippen molar-refractivity contribution < 1.29 is 4.42 Å². The fraction of sp³-hybridized carbons (Fsp3) is 0.0909. The third kappa shape index (κ3) is 1.72. The van der Waals surface area contributed by atoms with Crippen LogP contribution in [0.4, 0.5) is 0 Å². The van der Waals surface area contributed by atoms with Gasteiger partial charge in [0.2, 0.25) is 5.82 Å². The number of aromatic nitrogens is 4. The molecule has 2 heterocycles. The lowest BCUT2D eigenvalue weighted by Crippen LogP contribution is -2.13. The first kappa shape index (κ1) is 10.1. The molecule has 1 aliphatic rings. The average molecular weight is 244 g/mol. The Morgan fingerprint density at radius 2 is 2.35 bits per heavy atom. The molecule has 0 bridgehead atoms. The number of rotatable bonds is 2. The third-order valence-corrected chi connectivity index (χ3v) is 2.93. The maximum absolute atomic E-state index is 5.42. The summed E-state index contributed by atoms with van der Waals surface area (Å²) in [6.45, 7) is 0. The highest BCUT2D eigenvalue weighted by Crippen LogP contribution is 2.34. The van der Waals surface area contributed by atoms with Gasteiger partial charge in [-0.3, -0.25) is 0 Å². The van der Waals surface area contributed by atoms with Crippen LogP contribution >= 0.6 is 12.2 Å². The summed E-state index contributed by atoms with van der Waals surface area (Å²) in [7, 11) is 0. The van der Waals surface area contributed by atoms with Gasteiger partial charge in [0.05, 0.1) is 12.2 Å². The van der Waals surface area contributed by atoms with Gasteiger partial charge < -0.3 is 4.42 Å². The van der Waals surface area contributed by atoms with Gasteiger partial charge in [-0.2, -0.15) is 5.21 Å². The molecule has 0 radical (unpaired) electrons. The number of H-pyrrole nitrogens is 1. The normalized spacial score (nSPS) is 19.4. The van der Waals surface area contributed by atoms with Gasteiger partial charge >= 0.3 is 0 Å². The summed E-state index contributed by atoms with van der Waals surface area (Å²) in [5.74, 6) is 1.20. The van der Waals surface area contributed by atoms with Crippen LogP contribution in [0.2, 0.25) is 0 Å². The Morgan fingerprint density at radius 1 is 1.41 bits per heavy atom. The van der Waals surface area contributed by atoms with E-state index in [2.05, 4.69) is 20.6 Å². The number of thiocarbonyl (C=S) groups is 1. The van der Waals surface area contributed by atoms with E-state index in [1.807, 2.05) is 30.4 Å². The quantitative estimate of drug-likeness (QED) is 0.817. The fourth-order valence-corrected chi connectivity index (χ4v) is 2.15. The van der Waals surface area contributed by atoms with Crippen molar-refractivity contribution in [1.29, 1.82) is 0 Å². The molecule has 84 valence electrons. The second-order valence-corrected chi connectivity index (χ2v) is 4.04. The molecular formula is C11H8N4OS. The van der Waals surface area contributed by atoms with Crippen molar-refractivity contribution >= 4 is 22.7 Å². The number of hydrogen-bond acceptors (Lipinski definition) is 5. The van der Waals surface area contributed by atoms with E-state index in [0.717, 1.165) is 16.2 Å². The summed E-state index contributed by atoms with van der Waals surface area (Å²) in [6.07, 6.45) is 7.32. The van der Waals surface area contributed by atoms with Gasteiger partial charge in [0.25, 0.3) is 0 Å². The van der Waals surface area contributed by atoms with Gasteiger partial charge in [-0.05, 0) is 23.4 Å². The standard InChI is InChI=1S/C11H8N4OS/c17-9-5-1-3-7(11-12-14-15-13-11)10(9)8-4-2-6-16-8/h1-6,10H,(H,12,13,14,15). The van der Waals surface area contributed by atoms with E-state index in [-0.39, 0.29) is 5.92 Å². The molecule has 1 N–H and O–H groups in total. The van der Waals surface area contributed by atoms with Crippen LogP contribution in [-0.4, -0.2) is 25.5 Å². The first-order valence-corrected chi connectivity index (χ1v) is 5.46. The minimum Gasteiger partial charge on any atom is -0.468 e. The third-order valence-electron chi connectivity index (χ3n) is 2.56. The van der Waals surface area contributed by atoms with Crippen molar-refractivity contribution in [2.75, 3.05) is 0 Å². The first-order valence-electron chi connectivity index (χ1n) is 5.05. The van der Waals surface area contributed by atoms with Crippen molar-refractivity contribution in [1.82, 2.24) is 20.6 Å². The van der Waals surface area contributed by atoms with E-state index in [0.29, 0.717) is 5.82 Å². The van der Waals surface area contributed by atoms with Gasteiger partial charge in [-0.15, -0.1) is 10.2 Å². The first-order chi connectivity index (χ1) is 8.36. The molecule has 0 amide bonds. The van der Waals surface area contributed by atoms with E-state index < -0.39 is 0 Å². The van der Waals surface area contributed by atoms with Crippen LogP contribution < -0.4 is 0 Å². The molecule has 0 saturated carbocycles. The lowest BCUT2D eigenvalue weighted by molar-refractivity contribution is 0.517. The van der Waals surface area contributed by atoms with Crippen LogP contribution in [0.5, 0.6) is 0 Å².